The maximum atomic E-state index is 10.8. The number of hydrogen-bond donors (Lipinski definition) is 2. The van der Waals surface area contributed by atoms with Crippen LogP contribution in [0.5, 0.6) is 5.75 Å². The van der Waals surface area contributed by atoms with Gasteiger partial charge in [-0.2, -0.15) is 0 Å². The second-order valence-corrected chi connectivity index (χ2v) is 3.43. The molecule has 0 spiro atoms. The lowest BCUT2D eigenvalue weighted by atomic mass is 10.0. The standard InChI is InChI=1S/C10H11NO3/c1-5-2-7-8(11)4-14-9(7)3-6(5)10(12)13/h2-3,8H,4,11H2,1H3,(H,12,13)/t8-/m0/s1. The van der Waals surface area contributed by atoms with E-state index < -0.39 is 5.97 Å². The Morgan fingerprint density at radius 2 is 2.36 bits per heavy atom. The van der Waals surface area contributed by atoms with Crippen molar-refractivity contribution in [1.29, 1.82) is 0 Å². The summed E-state index contributed by atoms with van der Waals surface area (Å²) in [6.45, 7) is 2.19. The van der Waals surface area contributed by atoms with Crippen molar-refractivity contribution in [3.8, 4) is 5.75 Å². The number of nitrogens with two attached hydrogens (primary N) is 1. The minimum atomic E-state index is -0.936. The zero-order valence-corrected chi connectivity index (χ0v) is 7.78. The molecule has 0 aromatic heterocycles. The number of aryl methyl sites for hydroxylation is 1. The van der Waals surface area contributed by atoms with Crippen molar-refractivity contribution >= 4 is 5.97 Å². The van der Waals surface area contributed by atoms with Crippen molar-refractivity contribution < 1.29 is 14.6 Å². The summed E-state index contributed by atoms with van der Waals surface area (Å²) in [5.41, 5.74) is 7.66. The van der Waals surface area contributed by atoms with Crippen molar-refractivity contribution in [2.75, 3.05) is 6.61 Å². The van der Waals surface area contributed by atoms with Gasteiger partial charge in [0.05, 0.1) is 11.6 Å². The Labute approximate surface area is 81.3 Å². The lowest BCUT2D eigenvalue weighted by molar-refractivity contribution is 0.0695. The first-order chi connectivity index (χ1) is 6.59. The largest absolute Gasteiger partial charge is 0.491 e. The van der Waals surface area contributed by atoms with Gasteiger partial charge in [0, 0.05) is 5.56 Å². The average Bonchev–Trinajstić information content (AvgIpc) is 2.46. The van der Waals surface area contributed by atoms with E-state index in [1.807, 2.05) is 0 Å². The molecule has 1 atom stereocenters. The molecule has 1 aromatic rings. The number of carboxylic acids is 1. The highest BCUT2D eigenvalue weighted by Gasteiger charge is 2.23. The molecule has 1 aromatic carbocycles. The maximum Gasteiger partial charge on any atom is 0.336 e. The number of hydrogen-bond acceptors (Lipinski definition) is 3. The van der Waals surface area contributed by atoms with Gasteiger partial charge in [0.15, 0.2) is 0 Å². The number of benzene rings is 1. The predicted octanol–water partition coefficient (Wildman–Crippen LogP) is 1.09. The van der Waals surface area contributed by atoms with E-state index in [0.717, 1.165) is 11.1 Å². The minimum absolute atomic E-state index is 0.133. The first kappa shape index (κ1) is 9.02. The average molecular weight is 193 g/mol. The summed E-state index contributed by atoms with van der Waals surface area (Å²) in [5, 5.41) is 8.88. The number of rotatable bonds is 1. The summed E-state index contributed by atoms with van der Waals surface area (Å²) < 4.78 is 5.27. The van der Waals surface area contributed by atoms with Gasteiger partial charge in [-0.3, -0.25) is 0 Å². The summed E-state index contributed by atoms with van der Waals surface area (Å²) in [6.07, 6.45) is 0. The fraction of sp³-hybridized carbons (Fsp3) is 0.300. The molecule has 14 heavy (non-hydrogen) atoms. The van der Waals surface area contributed by atoms with Crippen molar-refractivity contribution in [2.45, 2.75) is 13.0 Å². The molecule has 74 valence electrons. The highest BCUT2D eigenvalue weighted by atomic mass is 16.5. The molecule has 3 N–H and O–H groups in total. The first-order valence-corrected chi connectivity index (χ1v) is 4.36. The molecule has 0 saturated heterocycles. The van der Waals surface area contributed by atoms with Crippen LogP contribution in [0, 0.1) is 6.92 Å². The number of fused-ring (bicyclic) bond motifs is 1. The van der Waals surface area contributed by atoms with Gasteiger partial charge in [-0.1, -0.05) is 0 Å². The Morgan fingerprint density at radius 3 is 3.00 bits per heavy atom. The Hall–Kier alpha value is -1.55. The number of aromatic carboxylic acids is 1. The van der Waals surface area contributed by atoms with Crippen LogP contribution in [0.4, 0.5) is 0 Å². The van der Waals surface area contributed by atoms with Gasteiger partial charge in [0.25, 0.3) is 0 Å². The molecule has 2 rings (SSSR count). The van der Waals surface area contributed by atoms with Crippen LogP contribution in [-0.4, -0.2) is 17.7 Å². The minimum Gasteiger partial charge on any atom is -0.491 e. The van der Waals surface area contributed by atoms with E-state index in [-0.39, 0.29) is 11.6 Å². The smallest absolute Gasteiger partial charge is 0.336 e. The SMILES string of the molecule is Cc1cc2c(cc1C(=O)O)OC[C@@H]2N. The lowest BCUT2D eigenvalue weighted by Crippen LogP contribution is -2.11. The van der Waals surface area contributed by atoms with E-state index in [1.54, 1.807) is 19.1 Å². The molecule has 0 bridgehead atoms. The quantitative estimate of drug-likeness (QED) is 0.700. The summed E-state index contributed by atoms with van der Waals surface area (Å²) in [5.74, 6) is -0.338. The van der Waals surface area contributed by atoms with Crippen LogP contribution < -0.4 is 10.5 Å². The van der Waals surface area contributed by atoms with Gasteiger partial charge < -0.3 is 15.6 Å². The van der Waals surface area contributed by atoms with Gasteiger partial charge in [-0.05, 0) is 24.6 Å². The normalized spacial score (nSPS) is 18.9. The van der Waals surface area contributed by atoms with Crippen LogP contribution in [0.25, 0.3) is 0 Å². The third kappa shape index (κ3) is 1.24. The van der Waals surface area contributed by atoms with E-state index in [9.17, 15) is 4.79 Å². The Morgan fingerprint density at radius 1 is 1.64 bits per heavy atom. The van der Waals surface area contributed by atoms with Crippen LogP contribution in [-0.2, 0) is 0 Å². The molecule has 0 unspecified atom stereocenters. The van der Waals surface area contributed by atoms with E-state index in [2.05, 4.69) is 0 Å². The van der Waals surface area contributed by atoms with Crippen molar-refractivity contribution in [3.05, 3.63) is 28.8 Å². The third-order valence-corrected chi connectivity index (χ3v) is 2.41. The molecule has 1 aliphatic heterocycles. The van der Waals surface area contributed by atoms with E-state index in [1.165, 1.54) is 0 Å². The Kier molecular flexibility index (Phi) is 1.93. The lowest BCUT2D eigenvalue weighted by Gasteiger charge is -2.05. The fourth-order valence-electron chi connectivity index (χ4n) is 1.62. The third-order valence-electron chi connectivity index (χ3n) is 2.41. The van der Waals surface area contributed by atoms with Crippen LogP contribution >= 0.6 is 0 Å². The molecule has 0 fully saturated rings. The van der Waals surface area contributed by atoms with Gasteiger partial charge in [-0.25, -0.2) is 4.79 Å². The van der Waals surface area contributed by atoms with Crippen molar-refractivity contribution in [3.63, 3.8) is 0 Å². The molecule has 0 aliphatic carbocycles. The maximum absolute atomic E-state index is 10.8. The van der Waals surface area contributed by atoms with Crippen LogP contribution in [0.3, 0.4) is 0 Å². The Bertz CT molecular complexity index is 401. The first-order valence-electron chi connectivity index (χ1n) is 4.36. The molecule has 4 nitrogen and oxygen atoms in total. The van der Waals surface area contributed by atoms with Crippen molar-refractivity contribution in [2.24, 2.45) is 5.73 Å². The summed E-state index contributed by atoms with van der Waals surface area (Å²) in [4.78, 5) is 10.8. The summed E-state index contributed by atoms with van der Waals surface area (Å²) >= 11 is 0. The second-order valence-electron chi connectivity index (χ2n) is 3.43. The zero-order valence-electron chi connectivity index (χ0n) is 7.78. The highest BCUT2D eigenvalue weighted by Crippen LogP contribution is 2.33. The molecule has 1 aliphatic rings. The van der Waals surface area contributed by atoms with Crippen LogP contribution in [0.1, 0.15) is 27.5 Å². The molecule has 0 saturated carbocycles. The van der Waals surface area contributed by atoms with E-state index >= 15 is 0 Å². The number of carboxylic acid groups (broad SMARTS) is 1. The van der Waals surface area contributed by atoms with Gasteiger partial charge in [-0.15, -0.1) is 0 Å². The molecule has 0 amide bonds. The second kappa shape index (κ2) is 2.99. The zero-order chi connectivity index (χ0) is 10.3. The Balaban J connectivity index is 2.55. The van der Waals surface area contributed by atoms with Gasteiger partial charge in [0.1, 0.15) is 12.4 Å². The molecule has 1 heterocycles. The van der Waals surface area contributed by atoms with Crippen LogP contribution in [0.15, 0.2) is 12.1 Å². The highest BCUT2D eigenvalue weighted by molar-refractivity contribution is 5.90. The van der Waals surface area contributed by atoms with Crippen molar-refractivity contribution in [1.82, 2.24) is 0 Å². The summed E-state index contributed by atoms with van der Waals surface area (Å²) in [7, 11) is 0. The van der Waals surface area contributed by atoms with Gasteiger partial charge in [0.2, 0.25) is 0 Å². The molecule has 0 radical (unpaired) electrons. The monoisotopic (exact) mass is 193 g/mol. The fourth-order valence-corrected chi connectivity index (χ4v) is 1.62. The van der Waals surface area contributed by atoms with Gasteiger partial charge >= 0.3 is 5.97 Å². The molecule has 4 heteroatoms. The predicted molar refractivity (Wildman–Crippen MR) is 50.6 cm³/mol. The molecular formula is C10H11NO3. The number of ether oxygens (including phenoxy) is 1. The number of carbonyl (C=O) groups is 1. The van der Waals surface area contributed by atoms with E-state index in [0.29, 0.717) is 12.4 Å². The van der Waals surface area contributed by atoms with E-state index in [4.69, 9.17) is 15.6 Å². The van der Waals surface area contributed by atoms with Crippen LogP contribution in [0.2, 0.25) is 0 Å². The molecular weight excluding hydrogens is 182 g/mol. The topological polar surface area (TPSA) is 72.5 Å². The summed E-state index contributed by atoms with van der Waals surface area (Å²) in [6, 6.07) is 3.20.